The lowest BCUT2D eigenvalue weighted by atomic mass is 9.54. The number of hydrogen-bond donors (Lipinski definition) is 0. The van der Waals surface area contributed by atoms with Crippen molar-refractivity contribution in [1.29, 1.82) is 0 Å². The fourth-order valence-electron chi connectivity index (χ4n) is 23.3. The van der Waals surface area contributed by atoms with Crippen molar-refractivity contribution in [3.8, 4) is 0 Å². The monoisotopic (exact) mass is 1960 g/mol. The Kier molecular flexibility index (Phi) is 22.2. The molecule has 8 aromatic rings. The number of allylic oxidation sites excluding steroid dienone is 3. The molecule has 145 heavy (non-hydrogen) atoms. The van der Waals surface area contributed by atoms with Crippen molar-refractivity contribution in [2.45, 2.75) is 64.2 Å². The molecule has 7 aromatic carbocycles. The van der Waals surface area contributed by atoms with Gasteiger partial charge < -0.3 is 51.8 Å². The standard InChI is InChI=1S/2C18H10O5.C16H8O4.C13H10O5.C11H10O5.C11H4O5.C10H8O5.C8H4O6/c1-9-12-4-2-3-11(15(12)18(21)22-9)7-10-5-6-13-14(8-10)17(20)23-16(13)19;19-15-8-16(20)13-6-9(1-3-11(13)15)5-10-2-4-12-14(7-10)18(22)23-17(12)21;1-7-8-2-3-9-12(17)6-13(18)10-4-5-11(16(19)20-7)14(8)15(9)10;14-6-3-7(15)9-5-2-1-4(8(6)9)10-11(5)13(17)18-12(10)16;2*12-8-3-9(13)5-2-7-6(1-4(5)8)10(14)16-11(7)15;1-3-4-2-5-7(6(4)9(12)14-3)10(13)15-8(5)11;9-5-1-2(6(10)13-5)4-3(1)7(11)14-8(4)12/h2-6,8H,1,7H2;1-4,6-7H,5,8H2;2-5H,1,6H2;1-2,4-5,8-11H,3H2;4-7H,1-3H2;1-2H,3H2;4-7H,1-2H2;1-4H. The number of rotatable bonds is 4. The average Bonchev–Trinajstić information content (AvgIpc) is 1.55. The molecule has 724 valence electrons. The second-order valence-corrected chi connectivity index (χ2v) is 37.5. The van der Waals surface area contributed by atoms with Crippen LogP contribution in [-0.2, 0) is 132 Å². The number of ketones is 10. The Morgan fingerprint density at radius 2 is 0.607 bits per heavy atom. The van der Waals surface area contributed by atoms with Gasteiger partial charge in [0.1, 0.15) is 40.1 Å². The highest BCUT2D eigenvalue weighted by atomic mass is 16.6. The lowest BCUT2D eigenvalue weighted by Gasteiger charge is -2.44. The molecule has 14 unspecified atom stereocenters. The van der Waals surface area contributed by atoms with Crippen molar-refractivity contribution in [2.75, 3.05) is 0 Å². The molecule has 21 aliphatic rings. The largest absolute Gasteiger partial charge is 0.431 e. The molecule has 2 bridgehead atoms. The second kappa shape index (κ2) is 34.5. The minimum atomic E-state index is -0.786. The highest BCUT2D eigenvalue weighted by molar-refractivity contribution is 6.32. The zero-order chi connectivity index (χ0) is 103. The fourth-order valence-corrected chi connectivity index (χ4v) is 23.3. The minimum absolute atomic E-state index is 0.0298. The molecule has 0 radical (unpaired) electrons. The molecule has 29 rings (SSSR count). The quantitative estimate of drug-likeness (QED) is 0.0831. The summed E-state index contributed by atoms with van der Waals surface area (Å²) in [4.78, 5) is 334. The van der Waals surface area contributed by atoms with Crippen molar-refractivity contribution in [3.63, 3.8) is 0 Å². The van der Waals surface area contributed by atoms with Crippen LogP contribution in [0.2, 0.25) is 0 Å². The normalized spacial score (nSPS) is 28.1. The fraction of sp³-hybridized carbons (Fsp3) is 0.267. The van der Waals surface area contributed by atoms with E-state index in [9.17, 15) is 139 Å². The van der Waals surface area contributed by atoms with E-state index in [2.05, 4.69) is 57.6 Å². The van der Waals surface area contributed by atoms with E-state index in [-0.39, 0.29) is 169 Å². The van der Waals surface area contributed by atoms with Gasteiger partial charge in [0, 0.05) is 96.5 Å². The summed E-state index contributed by atoms with van der Waals surface area (Å²) in [6, 6.07) is 29.6. The molecule has 0 spiro atoms. The molecule has 10 aliphatic heterocycles. The first-order valence-electron chi connectivity index (χ1n) is 45.2. The number of benzene rings is 7. The van der Waals surface area contributed by atoms with Crippen LogP contribution in [0.4, 0.5) is 0 Å². The Balaban J connectivity index is 0.0000000981. The Labute approximate surface area is 808 Å². The molecule has 0 N–H and O–H groups in total. The maximum absolute atomic E-state index is 12.0. The highest BCUT2D eigenvalue weighted by Gasteiger charge is 2.73. The molecule has 0 amide bonds. The number of Topliss-reactive ketones (excluding diaryl/α,β-unsaturated/α-hetero) is 10. The van der Waals surface area contributed by atoms with Crippen LogP contribution in [0.1, 0.15) is 214 Å². The van der Waals surface area contributed by atoms with Gasteiger partial charge in [-0.15, -0.1) is 0 Å². The summed E-state index contributed by atoms with van der Waals surface area (Å²) < 4.78 is 51.0. The van der Waals surface area contributed by atoms with Crippen LogP contribution >= 0.6 is 0 Å². The zero-order valence-corrected chi connectivity index (χ0v) is 74.5. The van der Waals surface area contributed by atoms with Crippen LogP contribution in [0, 0.1) is 107 Å². The zero-order valence-electron chi connectivity index (χ0n) is 74.5. The van der Waals surface area contributed by atoms with Gasteiger partial charge in [-0.05, 0) is 121 Å². The first kappa shape index (κ1) is 93.3. The van der Waals surface area contributed by atoms with Crippen LogP contribution in [0.3, 0.4) is 0 Å². The van der Waals surface area contributed by atoms with Gasteiger partial charge in [0.25, 0.3) is 0 Å². The van der Waals surface area contributed by atoms with E-state index >= 15 is 0 Å². The summed E-state index contributed by atoms with van der Waals surface area (Å²) in [6.07, 6.45) is 5.17. The predicted octanol–water partition coefficient (Wildman–Crippen LogP) is 6.10. The van der Waals surface area contributed by atoms with Gasteiger partial charge in [-0.25, -0.2) is 38.4 Å². The first-order valence-corrected chi connectivity index (χ1v) is 45.2. The van der Waals surface area contributed by atoms with Gasteiger partial charge in [0.15, 0.2) is 34.7 Å². The SMILES string of the molecule is C=C1OC(=O)C2C1CC1C(=O)OC(=O)C12.C=C1OC(=O)c2c(Cc3ccc4c(c3)C(=O)OC4=O)cccc21.C=c1oc(=O)c2ccc3c4c(ccc1c42)C(=O)CC3=O.O=C1CC(=O)C2C3C=CC(C12)C1C(=O)OC(=O)C31.O=C1CC(=O)C2CC3C(=O)OC(=O)C3CC12.O=C1CC(=O)c2cc(Cc3ccc4c(c3)C(=O)OC4=O)ccc21.O=C1CC(=O)c2cc3c(cc21)C(=O)OC3=O.O=C1OC(=O)C2C1C1C(=O)OC(=O)C21. The Bertz CT molecular complexity index is 7400. The number of hydrogen-bond acceptors (Lipinski definition) is 40. The molecule has 1 aromatic heterocycles. The van der Waals surface area contributed by atoms with Crippen molar-refractivity contribution >= 4 is 199 Å². The Morgan fingerprint density at radius 3 is 1.10 bits per heavy atom. The van der Waals surface area contributed by atoms with Crippen molar-refractivity contribution in [2.24, 2.45) is 107 Å². The summed E-state index contributed by atoms with van der Waals surface area (Å²) >= 11 is 0. The van der Waals surface area contributed by atoms with E-state index in [0.29, 0.717) is 98.5 Å². The third-order valence-corrected chi connectivity index (χ3v) is 29.9. The smallest absolute Gasteiger partial charge is 0.346 e. The molecule has 6 saturated heterocycles. The minimum Gasteiger partial charge on any atom is -0.431 e. The summed E-state index contributed by atoms with van der Waals surface area (Å²) in [5.74, 6) is -21.3. The summed E-state index contributed by atoms with van der Waals surface area (Å²) in [5, 5.41) is 2.18. The molecule has 14 atom stereocenters. The van der Waals surface area contributed by atoms with E-state index in [1.54, 1.807) is 84.9 Å². The van der Waals surface area contributed by atoms with E-state index in [0.717, 1.165) is 22.3 Å². The number of esters is 18. The van der Waals surface area contributed by atoms with E-state index in [1.807, 2.05) is 24.3 Å². The summed E-state index contributed by atoms with van der Waals surface area (Å²) in [6.45, 7) is 11.1. The van der Waals surface area contributed by atoms with Gasteiger partial charge in [0.05, 0.1) is 142 Å². The van der Waals surface area contributed by atoms with Crippen LogP contribution in [0.5, 0.6) is 0 Å². The van der Waals surface area contributed by atoms with Crippen LogP contribution < -0.4 is 11.0 Å². The van der Waals surface area contributed by atoms with Gasteiger partial charge in [0.2, 0.25) is 0 Å². The Morgan fingerprint density at radius 1 is 0.248 bits per heavy atom. The number of carbonyl (C=O) groups is 28. The third-order valence-electron chi connectivity index (χ3n) is 29.9. The molecule has 40 nitrogen and oxygen atoms in total. The lowest BCUT2D eigenvalue weighted by Crippen LogP contribution is -2.50. The maximum Gasteiger partial charge on any atom is 0.346 e. The molecule has 11 aliphatic carbocycles. The van der Waals surface area contributed by atoms with Gasteiger partial charge in [-0.1, -0.05) is 74.4 Å². The van der Waals surface area contributed by atoms with E-state index in [4.69, 9.17) is 13.9 Å². The molecular weight excluding hydrogens is 1900 g/mol. The lowest BCUT2D eigenvalue weighted by molar-refractivity contribution is -0.158. The number of fused-ring (bicyclic) bond motifs is 15. The summed E-state index contributed by atoms with van der Waals surface area (Å²) in [7, 11) is 0. The van der Waals surface area contributed by atoms with Gasteiger partial charge in [-0.2, -0.15) is 0 Å². The molecule has 12 fully saturated rings. The van der Waals surface area contributed by atoms with Crippen LogP contribution in [-0.4, -0.2) is 165 Å². The van der Waals surface area contributed by atoms with E-state index < -0.39 is 190 Å². The Hall–Kier alpha value is -18.0. The van der Waals surface area contributed by atoms with Crippen molar-refractivity contribution in [1.82, 2.24) is 0 Å². The second-order valence-electron chi connectivity index (χ2n) is 37.5. The number of cyclic esters (lactones) is 18. The predicted molar refractivity (Wildman–Crippen MR) is 468 cm³/mol. The molecule has 11 heterocycles. The van der Waals surface area contributed by atoms with Crippen molar-refractivity contribution in [3.05, 3.63) is 256 Å². The van der Waals surface area contributed by atoms with E-state index in [1.165, 1.54) is 12.1 Å². The summed E-state index contributed by atoms with van der Waals surface area (Å²) in [5.41, 5.74) is 7.70. The van der Waals surface area contributed by atoms with Gasteiger partial charge in [-0.3, -0.25) is 101 Å². The first-order chi connectivity index (χ1) is 69.1. The number of carbonyl (C=O) groups excluding carboxylic acids is 28. The van der Waals surface area contributed by atoms with Crippen LogP contribution in [0.25, 0.3) is 33.9 Å². The average molecular weight is 1970 g/mol. The molecular formula is C105H64O40. The topological polar surface area (TPSA) is 600 Å². The van der Waals surface area contributed by atoms with Gasteiger partial charge >= 0.3 is 113 Å². The van der Waals surface area contributed by atoms with Crippen LogP contribution in [0.15, 0.2) is 149 Å². The molecule has 40 heteroatoms. The third kappa shape index (κ3) is 15.1. The highest BCUT2D eigenvalue weighted by Crippen LogP contribution is 2.59. The number of ether oxygens (including phenoxy) is 10. The molecule has 6 saturated carbocycles. The maximum atomic E-state index is 12.0. The van der Waals surface area contributed by atoms with Crippen molar-refractivity contribution < 1.29 is 186 Å².